The number of hydrogen-bond acceptors (Lipinski definition) is 5. The largest absolute Gasteiger partial charge is 0.469 e. The summed E-state index contributed by atoms with van der Waals surface area (Å²) in [5.41, 5.74) is 1.67. The molecule has 5 heteroatoms. The molecule has 208 valence electrons. The molecule has 0 spiro atoms. The van der Waals surface area contributed by atoms with Crippen molar-refractivity contribution >= 4 is 5.97 Å². The number of carbonyl (C=O) groups excluding carboxylic acids is 1. The normalized spacial score (nSPS) is 41.5. The van der Waals surface area contributed by atoms with Crippen LogP contribution in [-0.2, 0) is 9.53 Å². The molecular weight excluding hydrogens is 464 g/mol. The topological polar surface area (TPSA) is 87.0 Å². The highest BCUT2D eigenvalue weighted by atomic mass is 16.5. The number of esters is 1. The van der Waals surface area contributed by atoms with Crippen LogP contribution in [0.3, 0.4) is 0 Å². The van der Waals surface area contributed by atoms with Crippen LogP contribution in [0.4, 0.5) is 0 Å². The summed E-state index contributed by atoms with van der Waals surface area (Å²) in [6.07, 6.45) is 8.98. The monoisotopic (exact) mass is 514 g/mol. The van der Waals surface area contributed by atoms with E-state index in [0.29, 0.717) is 30.8 Å². The Morgan fingerprint density at radius 2 is 1.81 bits per heavy atom. The van der Waals surface area contributed by atoms with Gasteiger partial charge >= 0.3 is 5.97 Å². The molecule has 4 aliphatic rings. The Hall–Kier alpha value is -1.43. The molecule has 0 aromatic rings. The number of carbonyl (C=O) groups is 1. The van der Waals surface area contributed by atoms with Crippen molar-refractivity contribution in [1.82, 2.24) is 0 Å². The Labute approximate surface area is 224 Å². The lowest BCUT2D eigenvalue weighted by Gasteiger charge is -2.61. The van der Waals surface area contributed by atoms with Gasteiger partial charge in [0.05, 0.1) is 30.8 Å². The fourth-order valence-corrected chi connectivity index (χ4v) is 9.05. The summed E-state index contributed by atoms with van der Waals surface area (Å²) >= 11 is 0. The number of allylic oxidation sites excluding steroid dienone is 4. The van der Waals surface area contributed by atoms with Gasteiger partial charge in [-0.05, 0) is 97.7 Å². The summed E-state index contributed by atoms with van der Waals surface area (Å²) in [6.45, 7) is 18.9. The van der Waals surface area contributed by atoms with Crippen LogP contribution in [0.5, 0.6) is 0 Å². The van der Waals surface area contributed by atoms with Gasteiger partial charge in [0, 0.05) is 11.3 Å². The van der Waals surface area contributed by atoms with Crippen molar-refractivity contribution in [3.63, 3.8) is 0 Å². The molecule has 1 unspecified atom stereocenters. The van der Waals surface area contributed by atoms with Gasteiger partial charge in [-0.15, -0.1) is 0 Å². The van der Waals surface area contributed by atoms with Gasteiger partial charge in [-0.2, -0.15) is 0 Å². The lowest BCUT2D eigenvalue weighted by Crippen LogP contribution is -2.54. The van der Waals surface area contributed by atoms with Crippen molar-refractivity contribution in [3.8, 4) is 0 Å². The zero-order valence-electron chi connectivity index (χ0n) is 24.4. The van der Waals surface area contributed by atoms with E-state index >= 15 is 0 Å². The predicted molar refractivity (Wildman–Crippen MR) is 147 cm³/mol. The third-order valence-corrected chi connectivity index (χ3v) is 11.8. The number of ether oxygens (including phenoxy) is 1. The van der Waals surface area contributed by atoms with Crippen LogP contribution >= 0.6 is 0 Å². The van der Waals surface area contributed by atoms with E-state index in [1.807, 2.05) is 0 Å². The molecule has 37 heavy (non-hydrogen) atoms. The predicted octanol–water partition coefficient (Wildman–Crippen LogP) is 5.74. The maximum atomic E-state index is 13.2. The number of aliphatic hydroxyl groups is 3. The highest BCUT2D eigenvalue weighted by Crippen LogP contribution is 2.71. The average molecular weight is 515 g/mol. The molecule has 3 N–H and O–H groups in total. The molecular formula is C32H50O5. The smallest absolute Gasteiger partial charge is 0.309 e. The molecule has 5 nitrogen and oxygen atoms in total. The van der Waals surface area contributed by atoms with Crippen molar-refractivity contribution in [1.29, 1.82) is 0 Å². The van der Waals surface area contributed by atoms with E-state index in [9.17, 15) is 20.1 Å². The standard InChI is InChI=1S/C32H50O5/c1-19(29(4,5)36)10-11-20(27(35)37-9)26-23(33)18-32(8)22-12-13-24-28(2,3)25(34)15-16-30(24,6)21(22)14-17-31(26,32)7/h12,14,20,23-26,33-34,36H,1,10-11,13,15-18H2,2-9H3/t20?,23-,24+,25-,26+,30-,31-,32+/m1/s1. The molecule has 0 saturated heterocycles. The zero-order valence-corrected chi connectivity index (χ0v) is 24.4. The maximum Gasteiger partial charge on any atom is 0.309 e. The highest BCUT2D eigenvalue weighted by molar-refractivity contribution is 5.73. The van der Waals surface area contributed by atoms with Crippen molar-refractivity contribution < 1.29 is 24.9 Å². The molecule has 8 atom stereocenters. The molecule has 0 amide bonds. The second kappa shape index (κ2) is 9.06. The van der Waals surface area contributed by atoms with Crippen molar-refractivity contribution in [2.24, 2.45) is 39.4 Å². The van der Waals surface area contributed by atoms with Crippen LogP contribution in [0.2, 0.25) is 0 Å². The molecule has 2 fully saturated rings. The molecule has 0 bridgehead atoms. The van der Waals surface area contributed by atoms with E-state index in [2.05, 4.69) is 53.3 Å². The molecule has 0 radical (unpaired) electrons. The van der Waals surface area contributed by atoms with Gasteiger partial charge in [0.25, 0.3) is 0 Å². The van der Waals surface area contributed by atoms with E-state index in [1.165, 1.54) is 18.3 Å². The SMILES string of the molecule is C=C(CCC(C(=O)OC)[C@H]1[C@H](O)C[C@@]2(C)C3=CC[C@H]4C(C)(C)[C@H](O)CC[C@]4(C)C3=CC[C@]12C)C(C)(C)O. The Bertz CT molecular complexity index is 1010. The zero-order chi connectivity index (χ0) is 27.8. The summed E-state index contributed by atoms with van der Waals surface area (Å²) in [4.78, 5) is 13.2. The fourth-order valence-electron chi connectivity index (χ4n) is 9.05. The van der Waals surface area contributed by atoms with Gasteiger partial charge in [-0.1, -0.05) is 53.3 Å². The number of aliphatic hydroxyl groups excluding tert-OH is 2. The summed E-state index contributed by atoms with van der Waals surface area (Å²) in [5.74, 6) is -0.657. The van der Waals surface area contributed by atoms with Gasteiger partial charge in [-0.25, -0.2) is 0 Å². The Morgan fingerprint density at radius 1 is 1.16 bits per heavy atom. The quantitative estimate of drug-likeness (QED) is 0.311. The van der Waals surface area contributed by atoms with Crippen LogP contribution in [0.15, 0.2) is 35.5 Å². The molecule has 0 heterocycles. The first-order valence-electron chi connectivity index (χ1n) is 14.2. The Balaban J connectivity index is 1.73. The van der Waals surface area contributed by atoms with Crippen molar-refractivity contribution in [2.75, 3.05) is 7.11 Å². The summed E-state index contributed by atoms with van der Waals surface area (Å²) in [7, 11) is 1.42. The minimum atomic E-state index is -1.02. The van der Waals surface area contributed by atoms with Gasteiger partial charge in [0.15, 0.2) is 0 Å². The number of hydrogen-bond donors (Lipinski definition) is 3. The summed E-state index contributed by atoms with van der Waals surface area (Å²) in [5, 5.41) is 32.9. The van der Waals surface area contributed by atoms with E-state index in [1.54, 1.807) is 13.8 Å². The van der Waals surface area contributed by atoms with Crippen LogP contribution in [0.25, 0.3) is 0 Å². The van der Waals surface area contributed by atoms with Crippen molar-refractivity contribution in [3.05, 3.63) is 35.5 Å². The molecule has 0 aromatic carbocycles. The molecule has 4 rings (SSSR count). The van der Waals surface area contributed by atoms with Crippen LogP contribution in [0.1, 0.15) is 93.4 Å². The first-order valence-corrected chi connectivity index (χ1v) is 14.2. The first kappa shape index (κ1) is 28.6. The average Bonchev–Trinajstić information content (AvgIpc) is 3.01. The van der Waals surface area contributed by atoms with Gasteiger partial charge < -0.3 is 20.1 Å². The third-order valence-electron chi connectivity index (χ3n) is 11.8. The lowest BCUT2D eigenvalue weighted by atomic mass is 9.44. The van der Waals surface area contributed by atoms with E-state index < -0.39 is 17.6 Å². The second-order valence-corrected chi connectivity index (χ2v) is 14.4. The van der Waals surface area contributed by atoms with Gasteiger partial charge in [0.2, 0.25) is 0 Å². The molecule has 0 aromatic heterocycles. The first-order chi connectivity index (χ1) is 16.9. The van der Waals surface area contributed by atoms with Crippen molar-refractivity contribution in [2.45, 2.75) is 111 Å². The molecule has 4 aliphatic carbocycles. The number of fused-ring (bicyclic) bond motifs is 5. The minimum Gasteiger partial charge on any atom is -0.469 e. The fraction of sp³-hybridized carbons (Fsp3) is 0.781. The number of methoxy groups -OCH3 is 1. The van der Waals surface area contributed by atoms with Gasteiger partial charge in [0.1, 0.15) is 0 Å². The molecule has 0 aliphatic heterocycles. The highest BCUT2D eigenvalue weighted by Gasteiger charge is 2.66. The van der Waals surface area contributed by atoms with E-state index in [4.69, 9.17) is 4.74 Å². The maximum absolute atomic E-state index is 13.2. The summed E-state index contributed by atoms with van der Waals surface area (Å²) in [6, 6.07) is 0. The molecule has 2 saturated carbocycles. The minimum absolute atomic E-state index is 0.00755. The summed E-state index contributed by atoms with van der Waals surface area (Å²) < 4.78 is 5.28. The van der Waals surface area contributed by atoms with Crippen LogP contribution in [-0.4, -0.2) is 46.2 Å². The number of rotatable bonds is 6. The van der Waals surface area contributed by atoms with E-state index in [0.717, 1.165) is 25.7 Å². The lowest BCUT2D eigenvalue weighted by molar-refractivity contribution is -0.152. The second-order valence-electron chi connectivity index (χ2n) is 14.4. The van der Waals surface area contributed by atoms with Crippen LogP contribution in [0, 0.1) is 39.4 Å². The Morgan fingerprint density at radius 3 is 2.41 bits per heavy atom. The Kier molecular flexibility index (Phi) is 7.00. The third kappa shape index (κ3) is 4.10. The van der Waals surface area contributed by atoms with Gasteiger partial charge in [-0.3, -0.25) is 4.79 Å². The van der Waals surface area contributed by atoms with Crippen LogP contribution < -0.4 is 0 Å². The van der Waals surface area contributed by atoms with E-state index in [-0.39, 0.29) is 39.7 Å².